The van der Waals surface area contributed by atoms with Crippen LogP contribution in [0.2, 0.25) is 0 Å². The van der Waals surface area contributed by atoms with Crippen molar-refractivity contribution in [2.75, 3.05) is 48.9 Å². The van der Waals surface area contributed by atoms with Crippen LogP contribution in [0.5, 0.6) is 5.75 Å². The second kappa shape index (κ2) is 11.7. The number of nitrogens with one attached hydrogen (secondary N) is 2. The van der Waals surface area contributed by atoms with Crippen LogP contribution in [-0.4, -0.2) is 70.1 Å². The SMILES string of the molecule is C=Nc1cc(OC)cc(F)c1NCc1cc(N[C](=[W])c2ccc(N3CCOC(CO)C3)nc2)nn1C. The van der Waals surface area contributed by atoms with E-state index in [2.05, 4.69) is 37.3 Å². The number of hydrogen-bond acceptors (Lipinski definition) is 9. The van der Waals surface area contributed by atoms with Crippen LogP contribution in [0.15, 0.2) is 41.5 Å². The second-order valence-electron chi connectivity index (χ2n) is 8.14. The van der Waals surface area contributed by atoms with Gasteiger partial charge in [-0.25, -0.2) is 0 Å². The van der Waals surface area contributed by atoms with Crippen molar-refractivity contribution in [2.45, 2.75) is 12.6 Å². The van der Waals surface area contributed by atoms with Crippen LogP contribution in [0, 0.1) is 5.82 Å². The van der Waals surface area contributed by atoms with Crippen LogP contribution < -0.4 is 20.3 Å². The summed E-state index contributed by atoms with van der Waals surface area (Å²) in [6.07, 6.45) is 1.64. The Balaban J connectivity index is 1.39. The van der Waals surface area contributed by atoms with E-state index in [9.17, 15) is 9.50 Å². The molecule has 4 rings (SSSR count). The van der Waals surface area contributed by atoms with Crippen LogP contribution in [-0.2, 0) is 37.7 Å². The standard InChI is InChI=1S/C24H28FN7O3.W/c1-26-21-10-18(34-3)9-20(25)24(21)29-13-17-8-22(30-31(17)2)27-11-16-4-5-23(28-12-16)32-6-7-35-19(14-32)15-33;/h4-5,8-10,12,19,29,33H,1,6-7,13-15H2,2-3H3,(H,27,30);. The van der Waals surface area contributed by atoms with Gasteiger partial charge in [0.2, 0.25) is 0 Å². The van der Waals surface area contributed by atoms with Gasteiger partial charge in [-0.05, 0) is 0 Å². The van der Waals surface area contributed by atoms with Gasteiger partial charge in [-0.1, -0.05) is 0 Å². The third kappa shape index (κ3) is 5.97. The Morgan fingerprint density at radius 1 is 1.39 bits per heavy atom. The van der Waals surface area contributed by atoms with E-state index in [1.54, 1.807) is 10.7 Å². The summed E-state index contributed by atoms with van der Waals surface area (Å²) >= 11 is 1.23. The van der Waals surface area contributed by atoms with E-state index in [0.717, 1.165) is 27.6 Å². The number of methoxy groups -OCH3 is 1. The van der Waals surface area contributed by atoms with E-state index in [4.69, 9.17) is 9.47 Å². The van der Waals surface area contributed by atoms with Crippen molar-refractivity contribution < 1.29 is 38.3 Å². The molecule has 0 radical (unpaired) electrons. The molecule has 190 valence electrons. The Hall–Kier alpha value is -3.14. The summed E-state index contributed by atoms with van der Waals surface area (Å²) in [5.41, 5.74) is 2.45. The zero-order valence-electron chi connectivity index (χ0n) is 20.1. The molecule has 1 aliphatic rings. The Labute approximate surface area is 219 Å². The number of aromatic nitrogens is 3. The van der Waals surface area contributed by atoms with Crippen molar-refractivity contribution in [3.8, 4) is 5.75 Å². The van der Waals surface area contributed by atoms with Crippen molar-refractivity contribution in [3.63, 3.8) is 0 Å². The van der Waals surface area contributed by atoms with Crippen LogP contribution >= 0.6 is 0 Å². The average molecular weight is 665 g/mol. The molecule has 3 heterocycles. The number of aliphatic hydroxyl groups excluding tert-OH is 1. The first-order chi connectivity index (χ1) is 17.4. The number of rotatable bonds is 10. The fourth-order valence-electron chi connectivity index (χ4n) is 3.83. The summed E-state index contributed by atoms with van der Waals surface area (Å²) in [5.74, 6) is 1.45. The molecule has 0 spiro atoms. The van der Waals surface area contributed by atoms with Gasteiger partial charge in [-0.3, -0.25) is 0 Å². The summed E-state index contributed by atoms with van der Waals surface area (Å²) in [7, 11) is 3.31. The van der Waals surface area contributed by atoms with Gasteiger partial charge in [-0.2, -0.15) is 0 Å². The number of pyridine rings is 1. The molecule has 2 aromatic heterocycles. The van der Waals surface area contributed by atoms with Gasteiger partial charge in [0.15, 0.2) is 0 Å². The van der Waals surface area contributed by atoms with Gasteiger partial charge >= 0.3 is 213 Å². The van der Waals surface area contributed by atoms with Crippen molar-refractivity contribution in [1.29, 1.82) is 0 Å². The molecule has 0 amide bonds. The molecular formula is C24H28FN7O3W. The first-order valence-corrected chi connectivity index (χ1v) is 12.7. The molecule has 36 heavy (non-hydrogen) atoms. The minimum atomic E-state index is -0.468. The quantitative estimate of drug-likeness (QED) is 0.284. The van der Waals surface area contributed by atoms with E-state index in [-0.39, 0.29) is 18.4 Å². The maximum absolute atomic E-state index is 14.5. The predicted octanol–water partition coefficient (Wildman–Crippen LogP) is 2.24. The molecular weight excluding hydrogens is 637 g/mol. The van der Waals surface area contributed by atoms with Crippen LogP contribution in [0.1, 0.15) is 11.3 Å². The average Bonchev–Trinajstić information content (AvgIpc) is 3.25. The molecule has 1 unspecified atom stereocenters. The number of aryl methyl sites for hydroxylation is 1. The Kier molecular flexibility index (Phi) is 8.45. The zero-order chi connectivity index (χ0) is 25.7. The predicted molar refractivity (Wildman–Crippen MR) is 134 cm³/mol. The molecule has 1 atom stereocenters. The van der Waals surface area contributed by atoms with Crippen LogP contribution in [0.3, 0.4) is 0 Å². The summed E-state index contributed by atoms with van der Waals surface area (Å²) in [6.45, 7) is 5.78. The van der Waals surface area contributed by atoms with Gasteiger partial charge in [0.25, 0.3) is 0 Å². The summed E-state index contributed by atoms with van der Waals surface area (Å²) < 4.78 is 27.9. The number of halogens is 1. The molecule has 3 aromatic rings. The fraction of sp³-hybridized carbons (Fsp3) is 0.333. The molecule has 10 nitrogen and oxygen atoms in total. The van der Waals surface area contributed by atoms with E-state index < -0.39 is 5.82 Å². The number of anilines is 3. The first kappa shape index (κ1) is 25.9. The topological polar surface area (TPSA) is 109 Å². The van der Waals surface area contributed by atoms with E-state index in [1.807, 2.05) is 31.4 Å². The van der Waals surface area contributed by atoms with Crippen molar-refractivity contribution >= 4 is 33.7 Å². The number of nitrogens with zero attached hydrogens (tertiary/aromatic N) is 5. The van der Waals surface area contributed by atoms with Gasteiger partial charge in [0.05, 0.1) is 7.11 Å². The molecule has 1 fully saturated rings. The second-order valence-corrected chi connectivity index (χ2v) is 9.61. The maximum atomic E-state index is 14.5. The summed E-state index contributed by atoms with van der Waals surface area (Å²) in [6, 6.07) is 8.82. The molecule has 3 N–H and O–H groups in total. The molecule has 0 bridgehead atoms. The monoisotopic (exact) mass is 665 g/mol. The van der Waals surface area contributed by atoms with E-state index >= 15 is 0 Å². The van der Waals surface area contributed by atoms with E-state index in [1.165, 1.54) is 32.5 Å². The number of aliphatic hydroxyl groups is 1. The number of aliphatic imine (C=N–C) groups is 1. The molecule has 0 aliphatic carbocycles. The van der Waals surface area contributed by atoms with E-state index in [0.29, 0.717) is 37.0 Å². The number of morpholine rings is 1. The third-order valence-electron chi connectivity index (χ3n) is 5.79. The minimum absolute atomic E-state index is 0.00230. The van der Waals surface area contributed by atoms with Crippen molar-refractivity contribution in [3.05, 3.63) is 53.6 Å². The first-order valence-electron chi connectivity index (χ1n) is 11.3. The molecule has 1 saturated heterocycles. The summed E-state index contributed by atoms with van der Waals surface area (Å²) in [5, 5.41) is 20.3. The number of benzene rings is 1. The Morgan fingerprint density at radius 2 is 2.22 bits per heavy atom. The Bertz CT molecular complexity index is 1240. The van der Waals surface area contributed by atoms with Gasteiger partial charge in [0, 0.05) is 0 Å². The molecule has 0 saturated carbocycles. The number of ether oxygens (including phenoxy) is 2. The molecule has 1 aromatic carbocycles. The normalized spacial score (nSPS) is 15.4. The zero-order valence-corrected chi connectivity index (χ0v) is 23.0. The van der Waals surface area contributed by atoms with Gasteiger partial charge in [0.1, 0.15) is 0 Å². The fourth-order valence-corrected chi connectivity index (χ4v) is 4.64. The van der Waals surface area contributed by atoms with Gasteiger partial charge < -0.3 is 0 Å². The number of hydrogen-bond donors (Lipinski definition) is 3. The molecule has 12 heteroatoms. The van der Waals surface area contributed by atoms with Crippen LogP contribution in [0.4, 0.5) is 27.4 Å². The molecule has 1 aliphatic heterocycles. The van der Waals surface area contributed by atoms with Gasteiger partial charge in [-0.15, -0.1) is 0 Å². The van der Waals surface area contributed by atoms with Crippen molar-refractivity contribution in [1.82, 2.24) is 14.8 Å². The van der Waals surface area contributed by atoms with Crippen molar-refractivity contribution in [2.24, 2.45) is 12.0 Å². The summed E-state index contributed by atoms with van der Waals surface area (Å²) in [4.78, 5) is 10.6. The van der Waals surface area contributed by atoms with Crippen LogP contribution in [0.25, 0.3) is 0 Å². The Morgan fingerprint density at radius 3 is 2.92 bits per heavy atom. The third-order valence-corrected chi connectivity index (χ3v) is 7.00.